The summed E-state index contributed by atoms with van der Waals surface area (Å²) in [6, 6.07) is 13.7. The number of hydrogen-bond donors (Lipinski definition) is 2. The van der Waals surface area contributed by atoms with E-state index in [1.165, 1.54) is 5.56 Å². The van der Waals surface area contributed by atoms with Crippen LogP contribution in [-0.2, 0) is 6.42 Å². The molecule has 0 aromatic heterocycles. The van der Waals surface area contributed by atoms with E-state index in [0.717, 1.165) is 25.5 Å². The number of likely N-dealkylation sites (tertiary alicyclic amines) is 1. The van der Waals surface area contributed by atoms with Crippen LogP contribution in [0.4, 0.5) is 0 Å². The number of carbonyl (C=O) groups is 1. The summed E-state index contributed by atoms with van der Waals surface area (Å²) in [7, 11) is 4.16. The van der Waals surface area contributed by atoms with Crippen molar-refractivity contribution in [2.24, 2.45) is 0 Å². The second-order valence-corrected chi connectivity index (χ2v) is 7.03. The van der Waals surface area contributed by atoms with Crippen molar-refractivity contribution in [2.75, 3.05) is 27.9 Å². The topological polar surface area (TPSA) is 79.2 Å². The van der Waals surface area contributed by atoms with E-state index in [0.29, 0.717) is 30.0 Å². The highest BCUT2D eigenvalue weighted by Gasteiger charge is 2.34. The van der Waals surface area contributed by atoms with Crippen molar-refractivity contribution in [2.45, 2.75) is 38.3 Å². The van der Waals surface area contributed by atoms with Gasteiger partial charge in [-0.05, 0) is 43.9 Å². The lowest BCUT2D eigenvalue weighted by molar-refractivity contribution is 0.0710. The van der Waals surface area contributed by atoms with Gasteiger partial charge in [-0.3, -0.25) is 4.79 Å². The van der Waals surface area contributed by atoms with Gasteiger partial charge in [0.15, 0.2) is 0 Å². The number of carbonyl (C=O) groups excluding carboxylic acids is 1. The highest BCUT2D eigenvalue weighted by atomic mass is 16.5. The molecule has 1 aliphatic heterocycles. The normalized spacial score (nSPS) is 18.1. The fourth-order valence-corrected chi connectivity index (χ4v) is 3.77. The highest BCUT2D eigenvalue weighted by Crippen LogP contribution is 2.32. The molecule has 0 saturated carbocycles. The largest absolute Gasteiger partial charge is 0.496 e. The zero-order valence-electron chi connectivity index (χ0n) is 17.6. The Morgan fingerprint density at radius 1 is 1.10 bits per heavy atom. The number of aliphatic hydroxyl groups excluding tert-OH is 2. The number of methoxy groups -OCH3 is 2. The fourth-order valence-electron chi connectivity index (χ4n) is 3.77. The van der Waals surface area contributed by atoms with Gasteiger partial charge >= 0.3 is 0 Å². The third kappa shape index (κ3) is 5.49. The second-order valence-electron chi connectivity index (χ2n) is 7.03. The number of aryl methyl sites for hydroxylation is 1. The lowest BCUT2D eigenvalue weighted by Gasteiger charge is -2.25. The van der Waals surface area contributed by atoms with Crippen LogP contribution >= 0.6 is 0 Å². The van der Waals surface area contributed by atoms with Crippen LogP contribution in [0.2, 0.25) is 0 Å². The number of β-amino-alcohol motifs (C(OH)–C–C–N with tert-alkyl or cyclic N) is 1. The zero-order chi connectivity index (χ0) is 21.4. The molecule has 1 saturated heterocycles. The predicted molar refractivity (Wildman–Crippen MR) is 113 cm³/mol. The van der Waals surface area contributed by atoms with Gasteiger partial charge in [0.2, 0.25) is 0 Å². The van der Waals surface area contributed by atoms with Crippen LogP contribution in [0.25, 0.3) is 0 Å². The molecule has 6 nitrogen and oxygen atoms in total. The Bertz CT molecular complexity index is 768. The molecule has 1 aliphatic rings. The maximum atomic E-state index is 13.2. The number of amides is 1. The molecule has 1 heterocycles. The van der Waals surface area contributed by atoms with Crippen molar-refractivity contribution < 1.29 is 24.5 Å². The van der Waals surface area contributed by atoms with E-state index in [1.54, 1.807) is 31.3 Å². The van der Waals surface area contributed by atoms with Crippen LogP contribution in [0.1, 0.15) is 34.3 Å². The summed E-state index contributed by atoms with van der Waals surface area (Å²) >= 11 is 0. The Balaban J connectivity index is 0.00000145. The van der Waals surface area contributed by atoms with Gasteiger partial charge in [0.1, 0.15) is 11.5 Å². The molecule has 2 atom stereocenters. The average Bonchev–Trinajstić information content (AvgIpc) is 3.14. The predicted octanol–water partition coefficient (Wildman–Crippen LogP) is 2.83. The van der Waals surface area contributed by atoms with Crippen LogP contribution in [0.15, 0.2) is 42.5 Å². The first kappa shape index (κ1) is 22.7. The molecule has 3 rings (SSSR count). The van der Waals surface area contributed by atoms with Gasteiger partial charge in [-0.15, -0.1) is 0 Å². The summed E-state index contributed by atoms with van der Waals surface area (Å²) < 4.78 is 10.8. The van der Waals surface area contributed by atoms with Gasteiger partial charge in [0.25, 0.3) is 5.91 Å². The summed E-state index contributed by atoms with van der Waals surface area (Å²) in [6.45, 7) is 2.25. The number of rotatable bonds is 6. The Kier molecular flexibility index (Phi) is 8.49. The molecule has 0 bridgehead atoms. The van der Waals surface area contributed by atoms with E-state index in [4.69, 9.17) is 14.6 Å². The summed E-state index contributed by atoms with van der Waals surface area (Å²) in [6.07, 6.45) is 1.83. The molecular weight excluding hydrogens is 370 g/mol. The van der Waals surface area contributed by atoms with Crippen LogP contribution in [-0.4, -0.2) is 61.0 Å². The molecule has 1 fully saturated rings. The van der Waals surface area contributed by atoms with Gasteiger partial charge < -0.3 is 24.6 Å². The molecule has 1 amide bonds. The van der Waals surface area contributed by atoms with Gasteiger partial charge in [0.05, 0.1) is 20.3 Å². The maximum absolute atomic E-state index is 13.2. The molecule has 6 heteroatoms. The summed E-state index contributed by atoms with van der Waals surface area (Å²) in [5.41, 5.74) is 2.62. The van der Waals surface area contributed by atoms with Gasteiger partial charge in [-0.1, -0.05) is 30.3 Å². The van der Waals surface area contributed by atoms with E-state index in [2.05, 4.69) is 12.1 Å². The quantitative estimate of drug-likeness (QED) is 0.778. The Morgan fingerprint density at radius 3 is 2.24 bits per heavy atom. The van der Waals surface area contributed by atoms with E-state index >= 15 is 0 Å². The highest BCUT2D eigenvalue weighted by molar-refractivity contribution is 5.95. The molecule has 1 unspecified atom stereocenters. The van der Waals surface area contributed by atoms with E-state index < -0.39 is 6.10 Å². The summed E-state index contributed by atoms with van der Waals surface area (Å²) in [5.74, 6) is 1.15. The third-order valence-corrected chi connectivity index (χ3v) is 5.26. The van der Waals surface area contributed by atoms with Crippen molar-refractivity contribution in [3.8, 4) is 11.5 Å². The molecule has 0 radical (unpaired) electrons. The summed E-state index contributed by atoms with van der Waals surface area (Å²) in [4.78, 5) is 15.0. The van der Waals surface area contributed by atoms with Gasteiger partial charge in [0, 0.05) is 30.8 Å². The molecule has 158 valence electrons. The second kappa shape index (κ2) is 10.8. The van der Waals surface area contributed by atoms with Crippen LogP contribution in [0.5, 0.6) is 11.5 Å². The molecule has 0 spiro atoms. The molecule has 2 aromatic carbocycles. The van der Waals surface area contributed by atoms with E-state index in [1.807, 2.05) is 25.1 Å². The number of ether oxygens (including phenoxy) is 2. The van der Waals surface area contributed by atoms with Gasteiger partial charge in [-0.25, -0.2) is 0 Å². The van der Waals surface area contributed by atoms with Crippen LogP contribution in [0, 0.1) is 6.92 Å². The minimum absolute atomic E-state index is 0.0194. The SMILES string of the molecule is CO.COc1cc(C(=O)N2C[C@H](O)CC2CCc2ccccc2)cc(OC)c1C. The minimum Gasteiger partial charge on any atom is -0.496 e. The van der Waals surface area contributed by atoms with Crippen molar-refractivity contribution >= 4 is 5.91 Å². The van der Waals surface area contributed by atoms with Gasteiger partial charge in [-0.2, -0.15) is 0 Å². The van der Waals surface area contributed by atoms with Crippen molar-refractivity contribution in [1.29, 1.82) is 0 Å². The summed E-state index contributed by atoms with van der Waals surface area (Å²) in [5, 5.41) is 17.2. The van der Waals surface area contributed by atoms with E-state index in [-0.39, 0.29) is 11.9 Å². The average molecular weight is 402 g/mol. The first-order valence-electron chi connectivity index (χ1n) is 9.73. The molecule has 2 N–H and O–H groups in total. The van der Waals surface area contributed by atoms with Crippen molar-refractivity contribution in [3.63, 3.8) is 0 Å². The monoisotopic (exact) mass is 401 g/mol. The van der Waals surface area contributed by atoms with E-state index in [9.17, 15) is 9.90 Å². The first-order chi connectivity index (χ1) is 14.0. The first-order valence-corrected chi connectivity index (χ1v) is 9.73. The Morgan fingerprint density at radius 2 is 1.69 bits per heavy atom. The number of aliphatic hydroxyl groups is 2. The van der Waals surface area contributed by atoms with Crippen LogP contribution in [0.3, 0.4) is 0 Å². The lowest BCUT2D eigenvalue weighted by Crippen LogP contribution is -2.36. The zero-order valence-corrected chi connectivity index (χ0v) is 17.6. The third-order valence-electron chi connectivity index (χ3n) is 5.26. The smallest absolute Gasteiger partial charge is 0.254 e. The Labute approximate surface area is 172 Å². The standard InChI is InChI=1S/C22H27NO4.CH4O/c1-15-20(26-2)11-17(12-21(15)27-3)22(25)23-14-19(24)13-18(23)10-9-16-7-5-4-6-8-16;1-2/h4-8,11-12,18-19,24H,9-10,13-14H2,1-3H3;2H,1H3/t18?,19-;/m1./s1. The molecule has 0 aliphatic carbocycles. The van der Waals surface area contributed by atoms with Crippen LogP contribution < -0.4 is 9.47 Å². The molecular formula is C23H31NO5. The number of nitrogens with zero attached hydrogens (tertiary/aromatic N) is 1. The maximum Gasteiger partial charge on any atom is 0.254 e. The van der Waals surface area contributed by atoms with Crippen molar-refractivity contribution in [3.05, 3.63) is 59.2 Å². The lowest BCUT2D eigenvalue weighted by atomic mass is 10.0. The fraction of sp³-hybridized carbons (Fsp3) is 0.435. The number of hydrogen-bond acceptors (Lipinski definition) is 5. The Hall–Kier alpha value is -2.57. The number of benzene rings is 2. The minimum atomic E-state index is -0.482. The van der Waals surface area contributed by atoms with Crippen molar-refractivity contribution in [1.82, 2.24) is 4.90 Å². The molecule has 2 aromatic rings. The molecule has 29 heavy (non-hydrogen) atoms.